The van der Waals surface area contributed by atoms with E-state index in [0.29, 0.717) is 13.2 Å². The van der Waals surface area contributed by atoms with Crippen LogP contribution in [-0.4, -0.2) is 46.0 Å². The summed E-state index contributed by atoms with van der Waals surface area (Å²) in [5.41, 5.74) is 0.390. The molecule has 0 aromatic carbocycles. The zero-order valence-electron chi connectivity index (χ0n) is 20.1. The predicted molar refractivity (Wildman–Crippen MR) is 121 cm³/mol. The van der Waals surface area contributed by atoms with E-state index in [4.69, 9.17) is 18.6 Å². The zero-order valence-corrected chi connectivity index (χ0v) is 21.1. The van der Waals surface area contributed by atoms with Crippen molar-refractivity contribution in [1.82, 2.24) is 0 Å². The highest BCUT2D eigenvalue weighted by atomic mass is 28.4. The first kappa shape index (κ1) is 24.0. The topological polar surface area (TPSA) is 54.0 Å². The Kier molecular flexibility index (Phi) is 6.93. The summed E-state index contributed by atoms with van der Waals surface area (Å²) in [7, 11) is -2.03. The number of esters is 1. The van der Waals surface area contributed by atoms with Crippen LogP contribution in [0.1, 0.15) is 73.1 Å². The first-order valence-corrected chi connectivity index (χ1v) is 14.7. The van der Waals surface area contributed by atoms with Crippen LogP contribution in [0.4, 0.5) is 0 Å². The molecule has 0 aromatic rings. The van der Waals surface area contributed by atoms with Crippen LogP contribution in [0.3, 0.4) is 0 Å². The fraction of sp³-hybridized carbons (Fsp3) is 0.875. The van der Waals surface area contributed by atoms with Crippen molar-refractivity contribution < 1.29 is 23.4 Å². The number of fused-ring (bicyclic) bond motifs is 1. The van der Waals surface area contributed by atoms with Gasteiger partial charge in [0, 0.05) is 12.5 Å². The molecule has 1 unspecified atom stereocenters. The third-order valence-corrected chi connectivity index (χ3v) is 12.5. The first-order chi connectivity index (χ1) is 14.0. The average Bonchev–Trinajstić information content (AvgIpc) is 3.20. The summed E-state index contributed by atoms with van der Waals surface area (Å²) >= 11 is 0. The summed E-state index contributed by atoms with van der Waals surface area (Å²) in [4.78, 5) is 13.0. The Balaban J connectivity index is 1.69. The molecule has 1 saturated carbocycles. The molecule has 30 heavy (non-hydrogen) atoms. The molecule has 1 saturated heterocycles. The zero-order chi connectivity index (χ0) is 22.2. The van der Waals surface area contributed by atoms with Gasteiger partial charge in [-0.25, -0.2) is 0 Å². The largest absolute Gasteiger partial charge is 0.465 e. The van der Waals surface area contributed by atoms with Crippen molar-refractivity contribution in [3.63, 3.8) is 0 Å². The molecule has 3 rings (SSSR count). The Hall–Kier alpha value is -0.693. The summed E-state index contributed by atoms with van der Waals surface area (Å²) in [6, 6.07) is 0. The van der Waals surface area contributed by atoms with Crippen LogP contribution >= 0.6 is 0 Å². The van der Waals surface area contributed by atoms with Crippen LogP contribution in [0.15, 0.2) is 11.6 Å². The van der Waals surface area contributed by atoms with Gasteiger partial charge in [-0.15, -0.1) is 0 Å². The molecular weight excluding hydrogens is 396 g/mol. The van der Waals surface area contributed by atoms with E-state index in [0.717, 1.165) is 38.7 Å². The van der Waals surface area contributed by atoms with Gasteiger partial charge in [-0.3, -0.25) is 4.79 Å². The Morgan fingerprint density at radius 2 is 2.03 bits per heavy atom. The van der Waals surface area contributed by atoms with Crippen molar-refractivity contribution >= 4 is 14.3 Å². The van der Waals surface area contributed by atoms with Crippen LogP contribution in [0, 0.1) is 11.3 Å². The van der Waals surface area contributed by atoms with Gasteiger partial charge in [0.2, 0.25) is 0 Å². The summed E-state index contributed by atoms with van der Waals surface area (Å²) < 4.78 is 24.1. The highest BCUT2D eigenvalue weighted by molar-refractivity contribution is 6.74. The molecule has 4 atom stereocenters. The second-order valence-corrected chi connectivity index (χ2v) is 15.6. The van der Waals surface area contributed by atoms with Gasteiger partial charge < -0.3 is 18.6 Å². The lowest BCUT2D eigenvalue weighted by Crippen LogP contribution is -2.47. The molecule has 6 heteroatoms. The maximum absolute atomic E-state index is 13.0. The van der Waals surface area contributed by atoms with E-state index in [9.17, 15) is 4.79 Å². The Labute approximate surface area is 184 Å². The minimum atomic E-state index is -2.03. The standard InChI is InChI=1S/C24H42O5Si/c1-8-26-21(25)23(5)19-17-18(13-16-28-20-11-9-10-15-27-20)12-14-24(19,23)29-30(6,7)22(2,3)4/h12,19-20H,8-11,13-17H2,1-7H3/t19-,20?,23-,24+/m0/s1. The van der Waals surface area contributed by atoms with Crippen molar-refractivity contribution in [2.24, 2.45) is 11.3 Å². The van der Waals surface area contributed by atoms with Gasteiger partial charge in [0.05, 0.1) is 24.2 Å². The quantitative estimate of drug-likeness (QED) is 0.280. The van der Waals surface area contributed by atoms with E-state index in [1.807, 2.05) is 6.92 Å². The van der Waals surface area contributed by atoms with Crippen molar-refractivity contribution in [1.29, 1.82) is 0 Å². The molecule has 2 aliphatic carbocycles. The Bertz CT molecular complexity index is 661. The smallest absolute Gasteiger partial charge is 0.315 e. The van der Waals surface area contributed by atoms with E-state index in [1.165, 1.54) is 12.0 Å². The van der Waals surface area contributed by atoms with Gasteiger partial charge in [0.25, 0.3) is 0 Å². The number of carbonyl (C=O) groups excluding carboxylic acids is 1. The van der Waals surface area contributed by atoms with E-state index in [1.54, 1.807) is 0 Å². The highest BCUT2D eigenvalue weighted by Gasteiger charge is 2.80. The van der Waals surface area contributed by atoms with Gasteiger partial charge in [-0.1, -0.05) is 32.4 Å². The fourth-order valence-electron chi connectivity index (χ4n) is 4.91. The van der Waals surface area contributed by atoms with Crippen molar-refractivity contribution in [2.45, 2.75) is 103 Å². The van der Waals surface area contributed by atoms with Gasteiger partial charge in [0.15, 0.2) is 14.6 Å². The van der Waals surface area contributed by atoms with Crippen LogP contribution in [0.25, 0.3) is 0 Å². The van der Waals surface area contributed by atoms with Gasteiger partial charge in [-0.2, -0.15) is 0 Å². The second kappa shape index (κ2) is 8.68. The number of carbonyl (C=O) groups is 1. The first-order valence-electron chi connectivity index (χ1n) is 11.8. The van der Waals surface area contributed by atoms with Crippen LogP contribution in [0.2, 0.25) is 18.1 Å². The molecule has 0 amide bonds. The lowest BCUT2D eigenvalue weighted by atomic mass is 9.95. The monoisotopic (exact) mass is 438 g/mol. The normalized spacial score (nSPS) is 34.2. The molecule has 2 fully saturated rings. The molecule has 1 aliphatic heterocycles. The fourth-order valence-corrected chi connectivity index (χ4v) is 6.57. The second-order valence-electron chi connectivity index (χ2n) is 10.9. The maximum atomic E-state index is 13.0. The van der Waals surface area contributed by atoms with Crippen LogP contribution in [0.5, 0.6) is 0 Å². The molecule has 0 radical (unpaired) electrons. The van der Waals surface area contributed by atoms with Crippen LogP contribution in [-0.2, 0) is 23.4 Å². The molecule has 1 heterocycles. The van der Waals surface area contributed by atoms with Crippen molar-refractivity contribution in [3.8, 4) is 0 Å². The lowest BCUT2D eigenvalue weighted by Gasteiger charge is -2.41. The molecule has 0 bridgehead atoms. The minimum absolute atomic E-state index is 0.0466. The van der Waals surface area contributed by atoms with E-state index < -0.39 is 19.3 Å². The lowest BCUT2D eigenvalue weighted by molar-refractivity contribution is -0.161. The molecular formula is C24H42O5Si. The van der Waals surface area contributed by atoms with Gasteiger partial charge >= 0.3 is 5.97 Å². The van der Waals surface area contributed by atoms with E-state index >= 15 is 0 Å². The number of hydrogen-bond acceptors (Lipinski definition) is 5. The molecule has 0 N–H and O–H groups in total. The van der Waals surface area contributed by atoms with Crippen molar-refractivity contribution in [2.75, 3.05) is 19.8 Å². The SMILES string of the molecule is CCOC(=O)[C@]1(C)[C@@H]2CC(CCOC3CCCCO3)=CC[C@@]21O[Si](C)(C)C(C)(C)C. The summed E-state index contributed by atoms with van der Waals surface area (Å²) in [6.45, 7) is 17.1. The number of rotatable bonds is 8. The van der Waals surface area contributed by atoms with Crippen molar-refractivity contribution in [3.05, 3.63) is 11.6 Å². The summed E-state index contributed by atoms with van der Waals surface area (Å²) in [5.74, 6) is 0.0827. The number of hydrogen-bond donors (Lipinski definition) is 0. The van der Waals surface area contributed by atoms with E-state index in [2.05, 4.69) is 46.9 Å². The van der Waals surface area contributed by atoms with Crippen LogP contribution < -0.4 is 0 Å². The Morgan fingerprint density at radius 3 is 2.63 bits per heavy atom. The van der Waals surface area contributed by atoms with Gasteiger partial charge in [-0.05, 0) is 70.5 Å². The third kappa shape index (κ3) is 4.30. The average molecular weight is 439 g/mol. The molecule has 3 aliphatic rings. The maximum Gasteiger partial charge on any atom is 0.315 e. The highest BCUT2D eigenvalue weighted by Crippen LogP contribution is 2.72. The summed E-state index contributed by atoms with van der Waals surface area (Å²) in [6.07, 6.45) is 8.13. The predicted octanol–water partition coefficient (Wildman–Crippen LogP) is 5.60. The molecule has 172 valence electrons. The Morgan fingerprint density at radius 1 is 1.30 bits per heavy atom. The molecule has 0 spiro atoms. The molecule has 5 nitrogen and oxygen atoms in total. The molecule has 0 aromatic heterocycles. The number of ether oxygens (including phenoxy) is 3. The minimum Gasteiger partial charge on any atom is -0.465 e. The van der Waals surface area contributed by atoms with E-state index in [-0.39, 0.29) is 23.2 Å². The van der Waals surface area contributed by atoms with Gasteiger partial charge in [0.1, 0.15) is 0 Å². The summed E-state index contributed by atoms with van der Waals surface area (Å²) in [5, 5.41) is 0.0995. The third-order valence-electron chi connectivity index (χ3n) is 8.02.